The first-order valence-electron chi connectivity index (χ1n) is 9.19. The average molecular weight is 389 g/mol. The van der Waals surface area contributed by atoms with Crippen LogP contribution in [-0.4, -0.2) is 25.1 Å². The second kappa shape index (κ2) is 8.48. The Bertz CT molecular complexity index is 1010. The van der Waals surface area contributed by atoms with Crippen LogP contribution in [0.1, 0.15) is 17.4 Å². The second-order valence-corrected chi connectivity index (χ2v) is 6.43. The lowest BCUT2D eigenvalue weighted by molar-refractivity contribution is -0.143. The number of benzene rings is 2. The fourth-order valence-corrected chi connectivity index (χ4v) is 3.20. The zero-order valence-electron chi connectivity index (χ0n) is 15.6. The average Bonchev–Trinajstić information content (AvgIpc) is 3.29. The zero-order chi connectivity index (χ0) is 20.1. The first kappa shape index (κ1) is 18.6. The highest BCUT2D eigenvalue weighted by molar-refractivity contribution is 5.98. The molecule has 2 heterocycles. The van der Waals surface area contributed by atoms with Crippen LogP contribution in [0.2, 0.25) is 0 Å². The molecule has 0 radical (unpaired) electrons. The van der Waals surface area contributed by atoms with Gasteiger partial charge in [0, 0.05) is 6.08 Å². The standard InChI is InChI=1S/C23H19NO5/c25-22(16-29-23(26)13-12-18-9-6-14-27-18)24-19-10-4-5-11-21(19)28-15-20(24)17-7-2-1-3-8-17/h1-14,20H,15-16H2/b13-12+. The van der Waals surface area contributed by atoms with Crippen LogP contribution in [0, 0.1) is 0 Å². The highest BCUT2D eigenvalue weighted by atomic mass is 16.5. The maximum Gasteiger partial charge on any atom is 0.331 e. The molecular formula is C23H19NO5. The van der Waals surface area contributed by atoms with Gasteiger partial charge in [-0.05, 0) is 35.9 Å². The quantitative estimate of drug-likeness (QED) is 0.487. The zero-order valence-corrected chi connectivity index (χ0v) is 15.6. The highest BCUT2D eigenvalue weighted by Gasteiger charge is 2.33. The smallest absolute Gasteiger partial charge is 0.331 e. The third kappa shape index (κ3) is 4.21. The van der Waals surface area contributed by atoms with E-state index < -0.39 is 5.97 Å². The van der Waals surface area contributed by atoms with Crippen LogP contribution in [0.4, 0.5) is 5.69 Å². The molecule has 29 heavy (non-hydrogen) atoms. The van der Waals surface area contributed by atoms with Gasteiger partial charge in [-0.1, -0.05) is 42.5 Å². The Balaban J connectivity index is 1.51. The van der Waals surface area contributed by atoms with E-state index in [0.717, 1.165) is 5.56 Å². The lowest BCUT2D eigenvalue weighted by Gasteiger charge is -2.37. The molecule has 1 aliphatic heterocycles. The SMILES string of the molecule is O=C(/C=C/c1ccco1)OCC(=O)N1c2ccccc2OCC1c1ccccc1. The van der Waals surface area contributed by atoms with E-state index >= 15 is 0 Å². The van der Waals surface area contributed by atoms with E-state index in [1.54, 1.807) is 17.0 Å². The summed E-state index contributed by atoms with van der Waals surface area (Å²) < 4.78 is 16.1. The monoisotopic (exact) mass is 389 g/mol. The van der Waals surface area contributed by atoms with Crippen molar-refractivity contribution in [1.29, 1.82) is 0 Å². The minimum Gasteiger partial charge on any atom is -0.489 e. The minimum absolute atomic E-state index is 0.309. The van der Waals surface area contributed by atoms with Crippen LogP contribution < -0.4 is 9.64 Å². The Morgan fingerprint density at radius 2 is 1.83 bits per heavy atom. The molecule has 146 valence electrons. The molecule has 1 aromatic heterocycles. The number of esters is 1. The van der Waals surface area contributed by atoms with Crippen LogP contribution in [-0.2, 0) is 14.3 Å². The fourth-order valence-electron chi connectivity index (χ4n) is 3.20. The molecule has 1 unspecified atom stereocenters. The van der Waals surface area contributed by atoms with Gasteiger partial charge in [-0.25, -0.2) is 4.79 Å². The van der Waals surface area contributed by atoms with E-state index in [-0.39, 0.29) is 18.6 Å². The number of para-hydroxylation sites is 2. The molecule has 1 amide bonds. The third-order valence-corrected chi connectivity index (χ3v) is 4.55. The summed E-state index contributed by atoms with van der Waals surface area (Å²) in [5.41, 5.74) is 1.60. The first-order chi connectivity index (χ1) is 14.2. The van der Waals surface area contributed by atoms with E-state index in [1.165, 1.54) is 18.4 Å². The number of anilines is 1. The van der Waals surface area contributed by atoms with Crippen LogP contribution in [0.15, 0.2) is 83.5 Å². The first-order valence-corrected chi connectivity index (χ1v) is 9.19. The van der Waals surface area contributed by atoms with E-state index in [4.69, 9.17) is 13.9 Å². The minimum atomic E-state index is -0.618. The molecule has 0 saturated carbocycles. The van der Waals surface area contributed by atoms with Crippen LogP contribution in [0.3, 0.4) is 0 Å². The third-order valence-electron chi connectivity index (χ3n) is 4.55. The van der Waals surface area contributed by atoms with Gasteiger partial charge in [0.1, 0.15) is 18.1 Å². The highest BCUT2D eigenvalue weighted by Crippen LogP contribution is 2.39. The number of hydrogen-bond donors (Lipinski definition) is 0. The Labute approximate surface area is 168 Å². The van der Waals surface area contributed by atoms with Crippen molar-refractivity contribution in [1.82, 2.24) is 0 Å². The van der Waals surface area contributed by atoms with Crippen molar-refractivity contribution in [2.75, 3.05) is 18.1 Å². The van der Waals surface area contributed by atoms with Gasteiger partial charge in [0.15, 0.2) is 6.61 Å². The number of carbonyl (C=O) groups excluding carboxylic acids is 2. The predicted octanol–water partition coefficient (Wildman–Crippen LogP) is 4.00. The number of hydrogen-bond acceptors (Lipinski definition) is 5. The van der Waals surface area contributed by atoms with Crippen molar-refractivity contribution in [3.05, 3.63) is 90.4 Å². The van der Waals surface area contributed by atoms with Crippen molar-refractivity contribution < 1.29 is 23.5 Å². The van der Waals surface area contributed by atoms with Gasteiger partial charge in [-0.2, -0.15) is 0 Å². The molecular weight excluding hydrogens is 370 g/mol. The molecule has 2 aromatic carbocycles. The molecule has 4 rings (SSSR count). The Morgan fingerprint density at radius 1 is 1.03 bits per heavy atom. The molecule has 0 bridgehead atoms. The summed E-state index contributed by atoms with van der Waals surface area (Å²) in [4.78, 5) is 26.6. The second-order valence-electron chi connectivity index (χ2n) is 6.43. The number of carbonyl (C=O) groups is 2. The van der Waals surface area contributed by atoms with Crippen molar-refractivity contribution in [3.8, 4) is 5.75 Å². The molecule has 1 atom stereocenters. The van der Waals surface area contributed by atoms with Gasteiger partial charge >= 0.3 is 5.97 Å². The Kier molecular flexibility index (Phi) is 5.42. The number of furan rings is 1. The van der Waals surface area contributed by atoms with Crippen LogP contribution >= 0.6 is 0 Å². The summed E-state index contributed by atoms with van der Waals surface area (Å²) in [6.07, 6.45) is 4.23. The summed E-state index contributed by atoms with van der Waals surface area (Å²) in [7, 11) is 0. The molecule has 6 heteroatoms. The Hall–Kier alpha value is -3.80. The molecule has 0 spiro atoms. The van der Waals surface area contributed by atoms with E-state index in [0.29, 0.717) is 23.8 Å². The number of fused-ring (bicyclic) bond motifs is 1. The van der Waals surface area contributed by atoms with Crippen molar-refractivity contribution in [2.24, 2.45) is 0 Å². The number of rotatable bonds is 5. The molecule has 0 N–H and O–H groups in total. The summed E-state index contributed by atoms with van der Waals surface area (Å²) in [6, 6.07) is 20.1. The van der Waals surface area contributed by atoms with E-state index in [1.807, 2.05) is 54.6 Å². The van der Waals surface area contributed by atoms with Crippen LogP contribution in [0.5, 0.6) is 5.75 Å². The molecule has 3 aromatic rings. The van der Waals surface area contributed by atoms with Crippen molar-refractivity contribution >= 4 is 23.6 Å². The van der Waals surface area contributed by atoms with Crippen molar-refractivity contribution in [3.63, 3.8) is 0 Å². The normalized spacial score (nSPS) is 15.6. The fraction of sp³-hybridized carbons (Fsp3) is 0.130. The number of ether oxygens (including phenoxy) is 2. The number of amides is 1. The van der Waals surface area contributed by atoms with Gasteiger partial charge in [0.2, 0.25) is 0 Å². The van der Waals surface area contributed by atoms with Gasteiger partial charge in [-0.3, -0.25) is 9.69 Å². The molecule has 0 aliphatic carbocycles. The predicted molar refractivity (Wildman–Crippen MR) is 107 cm³/mol. The van der Waals surface area contributed by atoms with Crippen LogP contribution in [0.25, 0.3) is 6.08 Å². The topological polar surface area (TPSA) is 69.0 Å². The van der Waals surface area contributed by atoms with E-state index in [9.17, 15) is 9.59 Å². The summed E-state index contributed by atoms with van der Waals surface area (Å²) in [5.74, 6) is 0.207. The molecule has 0 saturated heterocycles. The maximum atomic E-state index is 13.0. The molecule has 1 aliphatic rings. The maximum absolute atomic E-state index is 13.0. The number of nitrogens with zero attached hydrogens (tertiary/aromatic N) is 1. The van der Waals surface area contributed by atoms with Gasteiger partial charge in [-0.15, -0.1) is 0 Å². The lowest BCUT2D eigenvalue weighted by Crippen LogP contribution is -2.43. The van der Waals surface area contributed by atoms with E-state index in [2.05, 4.69) is 0 Å². The van der Waals surface area contributed by atoms with Gasteiger partial charge in [0.25, 0.3) is 5.91 Å². The molecule has 0 fully saturated rings. The Morgan fingerprint density at radius 3 is 2.62 bits per heavy atom. The summed E-state index contributed by atoms with van der Waals surface area (Å²) >= 11 is 0. The van der Waals surface area contributed by atoms with Gasteiger partial charge < -0.3 is 13.9 Å². The van der Waals surface area contributed by atoms with Crippen molar-refractivity contribution in [2.45, 2.75) is 6.04 Å². The summed E-state index contributed by atoms with van der Waals surface area (Å²) in [5, 5.41) is 0. The largest absolute Gasteiger partial charge is 0.489 e. The van der Waals surface area contributed by atoms with Gasteiger partial charge in [0.05, 0.1) is 18.0 Å². The lowest BCUT2D eigenvalue weighted by atomic mass is 10.0. The molecule has 6 nitrogen and oxygen atoms in total. The summed E-state index contributed by atoms with van der Waals surface area (Å²) in [6.45, 7) is -0.0574.